The predicted octanol–water partition coefficient (Wildman–Crippen LogP) is 2.01. The van der Waals surface area contributed by atoms with E-state index in [4.69, 9.17) is 10.5 Å². The maximum absolute atomic E-state index is 12.9. The summed E-state index contributed by atoms with van der Waals surface area (Å²) < 4.78 is 43.6. The van der Waals surface area contributed by atoms with Gasteiger partial charge in [-0.3, -0.25) is 4.90 Å². The molecule has 1 fully saturated rings. The number of methoxy groups -OCH3 is 1. The Morgan fingerprint density at radius 2 is 2.06 bits per heavy atom. The average Bonchev–Trinajstić information content (AvgIpc) is 2.51. The molecule has 2 atom stereocenters. The van der Waals surface area contributed by atoms with Gasteiger partial charge < -0.3 is 10.5 Å². The third-order valence-corrected chi connectivity index (χ3v) is 3.90. The zero-order valence-corrected chi connectivity index (χ0v) is 11.3. The Balaban J connectivity index is 2.59. The predicted molar refractivity (Wildman–Crippen MR) is 64.3 cm³/mol. The van der Waals surface area contributed by atoms with Crippen LogP contribution in [0.25, 0.3) is 0 Å². The number of likely N-dealkylation sites (tertiary alicyclic amines) is 1. The summed E-state index contributed by atoms with van der Waals surface area (Å²) in [6.07, 6.45) is -3.30. The molecular weight excluding hydrogens is 245 g/mol. The number of nitrogens with two attached hydrogens (primary N) is 1. The molecule has 0 bridgehead atoms. The maximum atomic E-state index is 12.9. The van der Waals surface area contributed by atoms with Gasteiger partial charge in [-0.15, -0.1) is 0 Å². The molecule has 1 rings (SSSR count). The van der Waals surface area contributed by atoms with E-state index < -0.39 is 17.6 Å². The molecule has 2 unspecified atom stereocenters. The molecule has 0 aliphatic carbocycles. The quantitative estimate of drug-likeness (QED) is 0.829. The first kappa shape index (κ1) is 15.7. The van der Waals surface area contributed by atoms with Crippen LogP contribution in [0.5, 0.6) is 0 Å². The second kappa shape index (κ2) is 5.75. The van der Waals surface area contributed by atoms with Gasteiger partial charge in [0.1, 0.15) is 0 Å². The van der Waals surface area contributed by atoms with Crippen LogP contribution in [0.15, 0.2) is 0 Å². The fraction of sp³-hybridized carbons (Fsp3) is 1.00. The summed E-state index contributed by atoms with van der Waals surface area (Å²) in [6, 6.07) is -0.142. The van der Waals surface area contributed by atoms with Crippen LogP contribution >= 0.6 is 0 Å². The zero-order chi connectivity index (χ0) is 14.0. The summed E-state index contributed by atoms with van der Waals surface area (Å²) >= 11 is 0. The van der Waals surface area contributed by atoms with Crippen LogP contribution in [0, 0.1) is 5.92 Å². The van der Waals surface area contributed by atoms with Crippen molar-refractivity contribution in [3.05, 3.63) is 0 Å². The number of rotatable bonds is 5. The van der Waals surface area contributed by atoms with E-state index in [-0.39, 0.29) is 12.5 Å². The van der Waals surface area contributed by atoms with E-state index in [2.05, 4.69) is 0 Å². The fourth-order valence-electron chi connectivity index (χ4n) is 2.68. The van der Waals surface area contributed by atoms with Gasteiger partial charge >= 0.3 is 6.18 Å². The minimum absolute atomic E-state index is 0.142. The van der Waals surface area contributed by atoms with Crippen molar-refractivity contribution >= 4 is 0 Å². The first-order valence-electron chi connectivity index (χ1n) is 6.26. The summed E-state index contributed by atoms with van der Waals surface area (Å²) in [5.74, 6) is -1.26. The maximum Gasteiger partial charge on any atom is 0.393 e. The van der Waals surface area contributed by atoms with Gasteiger partial charge in [0.2, 0.25) is 0 Å². The lowest BCUT2D eigenvalue weighted by atomic mass is 9.87. The van der Waals surface area contributed by atoms with Crippen molar-refractivity contribution in [3.8, 4) is 0 Å². The molecule has 1 saturated heterocycles. The highest BCUT2D eigenvalue weighted by atomic mass is 19.4. The molecule has 2 N–H and O–H groups in total. The Morgan fingerprint density at radius 1 is 1.44 bits per heavy atom. The highest BCUT2D eigenvalue weighted by Gasteiger charge is 2.54. The van der Waals surface area contributed by atoms with Gasteiger partial charge in [0.05, 0.1) is 5.92 Å². The Morgan fingerprint density at radius 3 is 2.50 bits per heavy atom. The molecule has 18 heavy (non-hydrogen) atoms. The molecule has 0 aromatic carbocycles. The van der Waals surface area contributed by atoms with Crippen molar-refractivity contribution in [2.45, 2.75) is 44.4 Å². The molecule has 108 valence electrons. The van der Waals surface area contributed by atoms with Crippen LogP contribution in [0.2, 0.25) is 0 Å². The molecule has 1 heterocycles. The van der Waals surface area contributed by atoms with Gasteiger partial charge in [0.15, 0.2) is 0 Å². The zero-order valence-electron chi connectivity index (χ0n) is 11.3. The van der Waals surface area contributed by atoms with E-state index in [1.807, 2.05) is 4.90 Å². The van der Waals surface area contributed by atoms with Gasteiger partial charge in [0.25, 0.3) is 0 Å². The van der Waals surface area contributed by atoms with E-state index in [9.17, 15) is 13.2 Å². The van der Waals surface area contributed by atoms with Crippen LogP contribution < -0.4 is 5.73 Å². The van der Waals surface area contributed by atoms with Gasteiger partial charge in [-0.1, -0.05) is 0 Å². The fourth-order valence-corrected chi connectivity index (χ4v) is 2.68. The summed E-state index contributed by atoms with van der Waals surface area (Å²) in [4.78, 5) is 1.85. The third-order valence-electron chi connectivity index (χ3n) is 3.90. The van der Waals surface area contributed by atoms with Gasteiger partial charge in [-0.2, -0.15) is 13.2 Å². The Hall–Kier alpha value is -0.330. The number of ether oxygens (including phenoxy) is 1. The van der Waals surface area contributed by atoms with Gasteiger partial charge in [-0.05, 0) is 33.2 Å². The number of hydrogen-bond acceptors (Lipinski definition) is 3. The van der Waals surface area contributed by atoms with Crippen molar-refractivity contribution in [1.82, 2.24) is 4.90 Å². The normalized spacial score (nSPS) is 26.5. The lowest BCUT2D eigenvalue weighted by Crippen LogP contribution is -2.51. The van der Waals surface area contributed by atoms with E-state index >= 15 is 0 Å². The number of nitrogens with zero attached hydrogens (tertiary/aromatic N) is 1. The Kier molecular flexibility index (Phi) is 5.03. The minimum Gasteiger partial charge on any atom is -0.385 e. The van der Waals surface area contributed by atoms with Crippen molar-refractivity contribution in [3.63, 3.8) is 0 Å². The molecular formula is C12H23F3N2O. The SMILES string of the molecule is COCCC(N)CN1CCC(C(F)(F)F)C1(C)C. The molecule has 0 aromatic rings. The van der Waals surface area contributed by atoms with Crippen molar-refractivity contribution < 1.29 is 17.9 Å². The monoisotopic (exact) mass is 268 g/mol. The summed E-state index contributed by atoms with van der Waals surface area (Å²) in [7, 11) is 1.59. The topological polar surface area (TPSA) is 38.5 Å². The van der Waals surface area contributed by atoms with E-state index in [0.717, 1.165) is 0 Å². The largest absolute Gasteiger partial charge is 0.393 e. The van der Waals surface area contributed by atoms with Crippen molar-refractivity contribution in [2.24, 2.45) is 11.7 Å². The lowest BCUT2D eigenvalue weighted by molar-refractivity contribution is -0.191. The van der Waals surface area contributed by atoms with E-state index in [1.165, 1.54) is 0 Å². The minimum atomic E-state index is -4.13. The smallest absolute Gasteiger partial charge is 0.385 e. The molecule has 1 aliphatic heterocycles. The van der Waals surface area contributed by atoms with Gasteiger partial charge in [-0.25, -0.2) is 0 Å². The van der Waals surface area contributed by atoms with Crippen molar-refractivity contribution in [2.75, 3.05) is 26.8 Å². The Bertz CT molecular complexity index is 269. The van der Waals surface area contributed by atoms with Crippen LogP contribution in [-0.2, 0) is 4.74 Å². The molecule has 0 amide bonds. The van der Waals surface area contributed by atoms with Crippen LogP contribution in [0.4, 0.5) is 13.2 Å². The number of alkyl halides is 3. The van der Waals surface area contributed by atoms with E-state index in [0.29, 0.717) is 26.1 Å². The molecule has 1 aliphatic rings. The van der Waals surface area contributed by atoms with Crippen LogP contribution in [0.3, 0.4) is 0 Å². The molecule has 0 aromatic heterocycles. The standard InChI is InChI=1S/C12H23F3N2O/c1-11(2)10(12(13,14)15)4-6-17(11)8-9(16)5-7-18-3/h9-10H,4-8,16H2,1-3H3. The first-order chi connectivity index (χ1) is 8.19. The molecule has 6 heteroatoms. The number of halogens is 3. The summed E-state index contributed by atoms with van der Waals surface area (Å²) in [5.41, 5.74) is 5.04. The van der Waals surface area contributed by atoms with E-state index in [1.54, 1.807) is 21.0 Å². The Labute approximate surface area is 106 Å². The average molecular weight is 268 g/mol. The number of hydrogen-bond donors (Lipinski definition) is 1. The highest BCUT2D eigenvalue weighted by Crippen LogP contribution is 2.44. The summed E-state index contributed by atoms with van der Waals surface area (Å²) in [6.45, 7) is 4.79. The molecule has 0 saturated carbocycles. The van der Waals surface area contributed by atoms with Gasteiger partial charge in [0, 0.05) is 31.8 Å². The van der Waals surface area contributed by atoms with Crippen LogP contribution in [0.1, 0.15) is 26.7 Å². The molecule has 3 nitrogen and oxygen atoms in total. The lowest BCUT2D eigenvalue weighted by Gasteiger charge is -2.38. The second-order valence-corrected chi connectivity index (χ2v) is 5.52. The third kappa shape index (κ3) is 3.59. The van der Waals surface area contributed by atoms with Crippen LogP contribution in [-0.4, -0.2) is 49.5 Å². The second-order valence-electron chi connectivity index (χ2n) is 5.52. The molecule has 0 radical (unpaired) electrons. The highest BCUT2D eigenvalue weighted by molar-refractivity contribution is 4.99. The van der Waals surface area contributed by atoms with Crippen molar-refractivity contribution in [1.29, 1.82) is 0 Å². The first-order valence-corrected chi connectivity index (χ1v) is 6.26. The molecule has 0 spiro atoms. The summed E-state index contributed by atoms with van der Waals surface area (Å²) in [5, 5.41) is 0.